The molecule has 0 saturated carbocycles. The minimum absolute atomic E-state index is 0.314. The molecule has 0 aliphatic heterocycles. The van der Waals surface area contributed by atoms with Gasteiger partial charge < -0.3 is 5.11 Å². The van der Waals surface area contributed by atoms with E-state index in [0.29, 0.717) is 16.5 Å². The molecule has 0 saturated heterocycles. The Balaban J connectivity index is 2.87. The van der Waals surface area contributed by atoms with Gasteiger partial charge in [-0.2, -0.15) is 0 Å². The van der Waals surface area contributed by atoms with Gasteiger partial charge in [-0.1, -0.05) is 51.3 Å². The van der Waals surface area contributed by atoms with Gasteiger partial charge in [0, 0.05) is 0 Å². The van der Waals surface area contributed by atoms with Crippen LogP contribution in [0.1, 0.15) is 5.56 Å². The van der Waals surface area contributed by atoms with Gasteiger partial charge >= 0.3 is 5.97 Å². The van der Waals surface area contributed by atoms with Crippen LogP contribution in [0.25, 0.3) is 0 Å². The Bertz CT molecular complexity index is 355. The van der Waals surface area contributed by atoms with E-state index >= 15 is 0 Å². The van der Waals surface area contributed by atoms with Crippen LogP contribution in [-0.2, 0) is 11.2 Å². The molecule has 0 fully saturated rings. The van der Waals surface area contributed by atoms with Gasteiger partial charge in [-0.25, -0.2) is 0 Å². The molecule has 0 unspecified atom stereocenters. The fourth-order valence-corrected chi connectivity index (χ4v) is 1.73. The maximum Gasteiger partial charge on any atom is 0.317 e. The maximum atomic E-state index is 10.6. The van der Waals surface area contributed by atoms with E-state index < -0.39 is 10.8 Å². The highest BCUT2D eigenvalue weighted by atomic mass is 79.9. The predicted octanol–water partition coefficient (Wildman–Crippen LogP) is 3.38. The van der Waals surface area contributed by atoms with Gasteiger partial charge in [0.05, 0.1) is 10.0 Å². The quantitative estimate of drug-likeness (QED) is 0.869. The number of carbonyl (C=O) groups is 1. The summed E-state index contributed by atoms with van der Waals surface area (Å²) in [5.74, 6) is -0.916. The monoisotopic (exact) mass is 296 g/mol. The Labute approximate surface area is 100.0 Å². The van der Waals surface area contributed by atoms with E-state index in [2.05, 4.69) is 15.9 Å². The first kappa shape index (κ1) is 11.8. The van der Waals surface area contributed by atoms with Crippen LogP contribution in [0.5, 0.6) is 0 Å². The molecule has 0 amide bonds. The second kappa shape index (κ2) is 5.01. The van der Waals surface area contributed by atoms with Crippen molar-refractivity contribution in [3.05, 3.63) is 33.8 Å². The number of alkyl halides is 1. The topological polar surface area (TPSA) is 37.3 Å². The fourth-order valence-electron chi connectivity index (χ4n) is 0.986. The van der Waals surface area contributed by atoms with Gasteiger partial charge in [-0.05, 0) is 18.1 Å². The summed E-state index contributed by atoms with van der Waals surface area (Å²) in [7, 11) is 0. The van der Waals surface area contributed by atoms with Crippen molar-refractivity contribution in [1.29, 1.82) is 0 Å². The Morgan fingerprint density at radius 3 is 2.71 bits per heavy atom. The van der Waals surface area contributed by atoms with Crippen LogP contribution in [0, 0.1) is 0 Å². The lowest BCUT2D eigenvalue weighted by atomic mass is 10.1. The summed E-state index contributed by atoms with van der Waals surface area (Å²) in [5, 5.41) is 9.54. The van der Waals surface area contributed by atoms with E-state index in [1.54, 1.807) is 18.2 Å². The summed E-state index contributed by atoms with van der Waals surface area (Å²) in [4.78, 5) is 9.94. The number of halogens is 3. The highest BCUT2D eigenvalue weighted by Gasteiger charge is 2.15. The van der Waals surface area contributed by atoms with Gasteiger partial charge in [0.25, 0.3) is 0 Å². The number of hydrogen-bond acceptors (Lipinski definition) is 1. The van der Waals surface area contributed by atoms with Crippen LogP contribution in [0.3, 0.4) is 0 Å². The van der Waals surface area contributed by atoms with Crippen LogP contribution >= 0.6 is 39.1 Å². The number of carboxylic acids is 1. The zero-order valence-corrected chi connectivity index (χ0v) is 10.1. The van der Waals surface area contributed by atoms with Gasteiger partial charge in [0.15, 0.2) is 0 Å². The van der Waals surface area contributed by atoms with Crippen molar-refractivity contribution in [3.8, 4) is 0 Å². The Morgan fingerprint density at radius 2 is 2.14 bits per heavy atom. The molecule has 1 rings (SSSR count). The SMILES string of the molecule is O=C(O)[C@@H](Br)Cc1cccc(Cl)c1Cl. The lowest BCUT2D eigenvalue weighted by Crippen LogP contribution is -2.15. The molecule has 1 aromatic carbocycles. The molecule has 0 spiro atoms. The van der Waals surface area contributed by atoms with Crippen LogP contribution in [-0.4, -0.2) is 15.9 Å². The molecule has 2 nitrogen and oxygen atoms in total. The number of rotatable bonds is 3. The Morgan fingerprint density at radius 1 is 1.50 bits per heavy atom. The van der Waals surface area contributed by atoms with E-state index in [1.807, 2.05) is 0 Å². The van der Waals surface area contributed by atoms with E-state index in [4.69, 9.17) is 28.3 Å². The van der Waals surface area contributed by atoms with Crippen LogP contribution in [0.4, 0.5) is 0 Å². The third-order valence-electron chi connectivity index (χ3n) is 1.70. The summed E-state index contributed by atoms with van der Waals surface area (Å²) >= 11 is 14.7. The van der Waals surface area contributed by atoms with Crippen molar-refractivity contribution in [1.82, 2.24) is 0 Å². The molecule has 0 bridgehead atoms. The Kier molecular flexibility index (Phi) is 4.23. The molecular weight excluding hydrogens is 291 g/mol. The normalized spacial score (nSPS) is 12.5. The first-order chi connectivity index (χ1) is 6.52. The van der Waals surface area contributed by atoms with Crippen molar-refractivity contribution in [2.24, 2.45) is 0 Å². The van der Waals surface area contributed by atoms with E-state index in [1.165, 1.54) is 0 Å². The van der Waals surface area contributed by atoms with Crippen molar-refractivity contribution in [2.45, 2.75) is 11.2 Å². The molecule has 5 heteroatoms. The molecular formula is C9H7BrCl2O2. The maximum absolute atomic E-state index is 10.6. The summed E-state index contributed by atoms with van der Waals surface area (Å²) in [5.41, 5.74) is 0.725. The summed E-state index contributed by atoms with van der Waals surface area (Å²) in [6.07, 6.45) is 0.314. The molecule has 0 radical (unpaired) electrons. The third kappa shape index (κ3) is 2.87. The lowest BCUT2D eigenvalue weighted by Gasteiger charge is -2.07. The Hall–Kier alpha value is -0.250. The van der Waals surface area contributed by atoms with E-state index in [0.717, 1.165) is 5.56 Å². The van der Waals surface area contributed by atoms with Crippen molar-refractivity contribution in [3.63, 3.8) is 0 Å². The van der Waals surface area contributed by atoms with E-state index in [-0.39, 0.29) is 0 Å². The minimum Gasteiger partial charge on any atom is -0.480 e. The zero-order valence-electron chi connectivity index (χ0n) is 7.01. The van der Waals surface area contributed by atoms with Crippen molar-refractivity contribution < 1.29 is 9.90 Å². The summed E-state index contributed by atoms with van der Waals surface area (Å²) < 4.78 is 0. The largest absolute Gasteiger partial charge is 0.480 e. The summed E-state index contributed by atoms with van der Waals surface area (Å²) in [6.45, 7) is 0. The molecule has 14 heavy (non-hydrogen) atoms. The fraction of sp³-hybridized carbons (Fsp3) is 0.222. The second-order valence-corrected chi connectivity index (χ2v) is 4.61. The average Bonchev–Trinajstić information content (AvgIpc) is 2.12. The molecule has 0 aromatic heterocycles. The summed E-state index contributed by atoms with van der Waals surface area (Å²) in [6, 6.07) is 5.16. The van der Waals surface area contributed by atoms with Gasteiger partial charge in [-0.15, -0.1) is 0 Å². The van der Waals surface area contributed by atoms with Crippen molar-refractivity contribution >= 4 is 45.1 Å². The molecule has 1 atom stereocenters. The molecule has 76 valence electrons. The third-order valence-corrected chi connectivity index (χ3v) is 3.27. The van der Waals surface area contributed by atoms with Crippen LogP contribution in [0.2, 0.25) is 10.0 Å². The lowest BCUT2D eigenvalue weighted by molar-refractivity contribution is -0.136. The van der Waals surface area contributed by atoms with Crippen LogP contribution < -0.4 is 0 Å². The standard InChI is InChI=1S/C9H7BrCl2O2/c10-6(9(13)14)4-5-2-1-3-7(11)8(5)12/h1-3,6H,4H2,(H,13,14)/t6-/m0/s1. The number of hydrogen-bond donors (Lipinski definition) is 1. The average molecular weight is 298 g/mol. The van der Waals surface area contributed by atoms with Crippen LogP contribution in [0.15, 0.2) is 18.2 Å². The molecule has 0 heterocycles. The minimum atomic E-state index is -0.916. The molecule has 1 aromatic rings. The van der Waals surface area contributed by atoms with Gasteiger partial charge in [0.2, 0.25) is 0 Å². The van der Waals surface area contributed by atoms with Gasteiger partial charge in [0.1, 0.15) is 4.83 Å². The number of carboxylic acid groups (broad SMARTS) is 1. The molecule has 1 N–H and O–H groups in total. The van der Waals surface area contributed by atoms with E-state index in [9.17, 15) is 4.79 Å². The smallest absolute Gasteiger partial charge is 0.317 e. The predicted molar refractivity (Wildman–Crippen MR) is 60.5 cm³/mol. The molecule has 0 aliphatic carbocycles. The zero-order chi connectivity index (χ0) is 10.7. The number of benzene rings is 1. The number of aliphatic carboxylic acids is 1. The second-order valence-electron chi connectivity index (χ2n) is 2.72. The molecule has 0 aliphatic rings. The first-order valence-electron chi connectivity index (χ1n) is 3.82. The first-order valence-corrected chi connectivity index (χ1v) is 5.49. The highest BCUT2D eigenvalue weighted by molar-refractivity contribution is 9.10. The highest BCUT2D eigenvalue weighted by Crippen LogP contribution is 2.27. The van der Waals surface area contributed by atoms with Gasteiger partial charge in [-0.3, -0.25) is 4.79 Å². The van der Waals surface area contributed by atoms with Crippen molar-refractivity contribution in [2.75, 3.05) is 0 Å².